The standard InChI is InChI=1S/C21H8F8O/c22-12-8-11(7-6-10-4-2-1-3-5-10)9-21(29,19(12)28)20(30)13-14(23)16(25)18(27)17(26)15(13)24/h1-5,8H,9H2. The summed E-state index contributed by atoms with van der Waals surface area (Å²) in [5, 5.41) is 0. The van der Waals surface area contributed by atoms with Gasteiger partial charge in [0.2, 0.25) is 17.3 Å². The molecule has 0 aromatic heterocycles. The van der Waals surface area contributed by atoms with Gasteiger partial charge in [0.15, 0.2) is 34.9 Å². The predicted octanol–water partition coefficient (Wildman–Crippen LogP) is 5.81. The van der Waals surface area contributed by atoms with E-state index in [1.807, 2.05) is 0 Å². The summed E-state index contributed by atoms with van der Waals surface area (Å²) in [5.41, 5.74) is -6.35. The van der Waals surface area contributed by atoms with Crippen LogP contribution in [0.5, 0.6) is 0 Å². The lowest BCUT2D eigenvalue weighted by Gasteiger charge is -2.25. The second kappa shape index (κ2) is 7.78. The van der Waals surface area contributed by atoms with Gasteiger partial charge in [-0.25, -0.2) is 35.1 Å². The average molecular weight is 428 g/mol. The Bertz CT molecular complexity index is 1140. The van der Waals surface area contributed by atoms with E-state index in [0.29, 0.717) is 11.6 Å². The highest BCUT2D eigenvalue weighted by Crippen LogP contribution is 2.41. The molecule has 1 aliphatic carbocycles. The second-order valence-electron chi connectivity index (χ2n) is 6.20. The van der Waals surface area contributed by atoms with E-state index in [-0.39, 0.29) is 0 Å². The first-order valence-electron chi connectivity index (χ1n) is 8.16. The van der Waals surface area contributed by atoms with Crippen molar-refractivity contribution < 1.29 is 39.9 Å². The number of benzene rings is 2. The minimum Gasteiger partial charge on any atom is -0.290 e. The molecule has 30 heavy (non-hydrogen) atoms. The summed E-state index contributed by atoms with van der Waals surface area (Å²) in [6.07, 6.45) is -0.848. The Kier molecular flexibility index (Phi) is 5.53. The van der Waals surface area contributed by atoms with Crippen molar-refractivity contribution in [2.45, 2.75) is 12.1 Å². The quantitative estimate of drug-likeness (QED) is 0.194. The van der Waals surface area contributed by atoms with E-state index in [4.69, 9.17) is 0 Å². The molecule has 0 bridgehead atoms. The van der Waals surface area contributed by atoms with Crippen LogP contribution in [0, 0.1) is 40.9 Å². The van der Waals surface area contributed by atoms with Crippen molar-refractivity contribution >= 4 is 5.78 Å². The minimum absolute atomic E-state index is 0.393. The molecule has 1 atom stereocenters. The summed E-state index contributed by atoms with van der Waals surface area (Å²) in [4.78, 5) is 12.3. The number of Topliss-reactive ketones (excluding diaryl/α,β-unsaturated/α-hetero) is 1. The number of halogens is 8. The first-order valence-corrected chi connectivity index (χ1v) is 8.16. The van der Waals surface area contributed by atoms with Crippen LogP contribution < -0.4 is 0 Å². The third kappa shape index (κ3) is 3.49. The third-order valence-electron chi connectivity index (χ3n) is 4.23. The number of carbonyl (C=O) groups is 1. The van der Waals surface area contributed by atoms with Crippen molar-refractivity contribution in [3.63, 3.8) is 0 Å². The molecule has 0 aliphatic heterocycles. The number of rotatable bonds is 2. The molecule has 0 N–H and O–H groups in total. The summed E-state index contributed by atoms with van der Waals surface area (Å²) in [6.45, 7) is 0. The molecular formula is C21H8F8O. The van der Waals surface area contributed by atoms with Gasteiger partial charge in [-0.15, -0.1) is 0 Å². The topological polar surface area (TPSA) is 17.1 Å². The van der Waals surface area contributed by atoms with E-state index >= 15 is 4.39 Å². The Morgan fingerprint density at radius 2 is 1.33 bits per heavy atom. The molecule has 3 rings (SSSR count). The summed E-state index contributed by atoms with van der Waals surface area (Å²) in [5.74, 6) is -14.9. The van der Waals surface area contributed by atoms with Gasteiger partial charge in [0.25, 0.3) is 0 Å². The summed E-state index contributed by atoms with van der Waals surface area (Å²) >= 11 is 0. The number of carbonyl (C=O) groups excluding carboxylic acids is 1. The maximum absolute atomic E-state index is 15.2. The van der Waals surface area contributed by atoms with Crippen LogP contribution in [0.4, 0.5) is 35.1 Å². The van der Waals surface area contributed by atoms with E-state index in [2.05, 4.69) is 11.8 Å². The summed E-state index contributed by atoms with van der Waals surface area (Å²) in [7, 11) is 0. The van der Waals surface area contributed by atoms with Gasteiger partial charge in [-0.1, -0.05) is 30.0 Å². The zero-order valence-corrected chi connectivity index (χ0v) is 14.6. The largest absolute Gasteiger partial charge is 0.290 e. The van der Waals surface area contributed by atoms with Crippen LogP contribution in [-0.2, 0) is 0 Å². The van der Waals surface area contributed by atoms with Gasteiger partial charge >= 0.3 is 0 Å². The van der Waals surface area contributed by atoms with Gasteiger partial charge in [-0.05, 0) is 18.2 Å². The number of hydrogen-bond donors (Lipinski definition) is 0. The smallest absolute Gasteiger partial charge is 0.231 e. The fourth-order valence-corrected chi connectivity index (χ4v) is 2.73. The SMILES string of the molecule is O=C(c1c(F)c(F)c(F)c(F)c1F)C1(F)CC(C#Cc2ccccc2)=CC(F)=C1F. The lowest BCUT2D eigenvalue weighted by atomic mass is 9.83. The highest BCUT2D eigenvalue weighted by Gasteiger charge is 2.51. The van der Waals surface area contributed by atoms with E-state index in [1.54, 1.807) is 18.2 Å². The van der Waals surface area contributed by atoms with Crippen LogP contribution >= 0.6 is 0 Å². The number of hydrogen-bond acceptors (Lipinski definition) is 1. The van der Waals surface area contributed by atoms with E-state index in [1.165, 1.54) is 12.1 Å². The normalized spacial score (nSPS) is 18.6. The van der Waals surface area contributed by atoms with Gasteiger partial charge in [0, 0.05) is 17.6 Å². The Morgan fingerprint density at radius 1 is 0.800 bits per heavy atom. The van der Waals surface area contributed by atoms with Crippen molar-refractivity contribution in [2.75, 3.05) is 0 Å². The Labute approximate surface area is 164 Å². The van der Waals surface area contributed by atoms with Crippen LogP contribution in [0.25, 0.3) is 0 Å². The molecule has 0 amide bonds. The number of alkyl halides is 1. The van der Waals surface area contributed by atoms with Gasteiger partial charge in [0.05, 0.1) is 5.56 Å². The lowest BCUT2D eigenvalue weighted by Crippen LogP contribution is -2.39. The Balaban J connectivity index is 2.08. The highest BCUT2D eigenvalue weighted by atomic mass is 19.2. The van der Waals surface area contributed by atoms with Gasteiger partial charge in [0.1, 0.15) is 0 Å². The average Bonchev–Trinajstić information content (AvgIpc) is 2.74. The molecule has 2 aromatic rings. The summed E-state index contributed by atoms with van der Waals surface area (Å²) < 4.78 is 111. The molecule has 2 aromatic carbocycles. The fraction of sp³-hybridized carbons (Fsp3) is 0.0952. The lowest BCUT2D eigenvalue weighted by molar-refractivity contribution is 0.0689. The predicted molar refractivity (Wildman–Crippen MR) is 89.7 cm³/mol. The van der Waals surface area contributed by atoms with Crippen molar-refractivity contribution in [3.8, 4) is 11.8 Å². The van der Waals surface area contributed by atoms with Crippen molar-refractivity contribution in [3.05, 3.63) is 93.8 Å². The number of allylic oxidation sites excluding steroid dienone is 4. The molecule has 0 spiro atoms. The van der Waals surface area contributed by atoms with Crippen molar-refractivity contribution in [1.29, 1.82) is 0 Å². The Hall–Kier alpha value is -3.41. The molecule has 1 unspecified atom stereocenters. The van der Waals surface area contributed by atoms with Crippen molar-refractivity contribution in [1.82, 2.24) is 0 Å². The van der Waals surface area contributed by atoms with Gasteiger partial charge in [-0.2, -0.15) is 0 Å². The maximum atomic E-state index is 15.2. The zero-order valence-electron chi connectivity index (χ0n) is 14.6. The first-order chi connectivity index (χ1) is 14.1. The molecule has 1 nitrogen and oxygen atoms in total. The third-order valence-corrected chi connectivity index (χ3v) is 4.23. The molecule has 0 heterocycles. The highest BCUT2D eigenvalue weighted by molar-refractivity contribution is 6.05. The van der Waals surface area contributed by atoms with Crippen LogP contribution in [-0.4, -0.2) is 11.5 Å². The van der Waals surface area contributed by atoms with Crippen LogP contribution in [0.15, 0.2) is 53.6 Å². The maximum Gasteiger partial charge on any atom is 0.231 e. The monoisotopic (exact) mass is 428 g/mol. The van der Waals surface area contributed by atoms with Crippen LogP contribution in [0.3, 0.4) is 0 Å². The van der Waals surface area contributed by atoms with E-state index < -0.39 is 69.7 Å². The minimum atomic E-state index is -4.06. The second-order valence-corrected chi connectivity index (χ2v) is 6.20. The van der Waals surface area contributed by atoms with Crippen molar-refractivity contribution in [2.24, 2.45) is 0 Å². The van der Waals surface area contributed by atoms with Crippen LogP contribution in [0.2, 0.25) is 0 Å². The molecule has 0 fully saturated rings. The molecule has 154 valence electrons. The number of ketones is 1. The molecule has 0 saturated carbocycles. The van der Waals surface area contributed by atoms with E-state index in [9.17, 15) is 35.5 Å². The zero-order chi connectivity index (χ0) is 22.2. The van der Waals surface area contributed by atoms with Crippen LogP contribution in [0.1, 0.15) is 22.3 Å². The molecule has 0 saturated heterocycles. The first kappa shape index (κ1) is 21.3. The Morgan fingerprint density at radius 3 is 1.90 bits per heavy atom. The molecule has 1 aliphatic rings. The van der Waals surface area contributed by atoms with Gasteiger partial charge < -0.3 is 0 Å². The molecule has 9 heteroatoms. The molecule has 0 radical (unpaired) electrons. The van der Waals surface area contributed by atoms with E-state index in [0.717, 1.165) is 0 Å². The summed E-state index contributed by atoms with van der Waals surface area (Å²) in [6, 6.07) is 7.94. The fourth-order valence-electron chi connectivity index (χ4n) is 2.73. The van der Waals surface area contributed by atoms with Gasteiger partial charge in [-0.3, -0.25) is 4.79 Å². The molecular weight excluding hydrogens is 420 g/mol.